The third kappa shape index (κ3) is 3.70. The highest BCUT2D eigenvalue weighted by atomic mass is 35.5. The molecule has 3 aromatic rings. The van der Waals surface area contributed by atoms with Crippen molar-refractivity contribution in [2.45, 2.75) is 13.8 Å². The van der Waals surface area contributed by atoms with E-state index in [1.54, 1.807) is 0 Å². The summed E-state index contributed by atoms with van der Waals surface area (Å²) < 4.78 is 11.5. The van der Waals surface area contributed by atoms with Gasteiger partial charge in [-0.1, -0.05) is 41.9 Å². The van der Waals surface area contributed by atoms with Gasteiger partial charge in [-0.05, 0) is 48.6 Å². The van der Waals surface area contributed by atoms with Gasteiger partial charge in [-0.2, -0.15) is 5.26 Å². The van der Waals surface area contributed by atoms with E-state index in [2.05, 4.69) is 6.07 Å². The van der Waals surface area contributed by atoms with Crippen LogP contribution in [0.15, 0.2) is 48.5 Å². The zero-order chi connectivity index (χ0) is 17.8. The van der Waals surface area contributed by atoms with Crippen LogP contribution in [0.25, 0.3) is 10.8 Å². The minimum Gasteiger partial charge on any atom is -0.490 e. The first-order valence-electron chi connectivity index (χ1n) is 8.04. The number of rotatable bonds is 5. The lowest BCUT2D eigenvalue weighted by Crippen LogP contribution is -2.10. The van der Waals surface area contributed by atoms with Crippen molar-refractivity contribution in [3.8, 4) is 17.6 Å². The summed E-state index contributed by atoms with van der Waals surface area (Å²) in [7, 11) is 0. The van der Waals surface area contributed by atoms with Crippen LogP contribution in [0, 0.1) is 25.2 Å². The minimum atomic E-state index is 0.355. The summed E-state index contributed by atoms with van der Waals surface area (Å²) in [5.74, 6) is 1.34. The van der Waals surface area contributed by atoms with E-state index >= 15 is 0 Å². The number of hydrogen-bond donors (Lipinski definition) is 0. The molecular weight excluding hydrogens is 334 g/mol. The zero-order valence-electron chi connectivity index (χ0n) is 14.2. The Morgan fingerprint density at radius 3 is 2.36 bits per heavy atom. The molecule has 0 heterocycles. The molecule has 0 amide bonds. The molecule has 0 saturated heterocycles. The Morgan fingerprint density at radius 2 is 1.64 bits per heavy atom. The van der Waals surface area contributed by atoms with Crippen LogP contribution in [0.4, 0.5) is 0 Å². The number of halogens is 1. The van der Waals surface area contributed by atoms with Crippen LogP contribution in [0.1, 0.15) is 16.7 Å². The molecule has 0 aliphatic rings. The second-order valence-corrected chi connectivity index (χ2v) is 6.22. The molecule has 3 rings (SSSR count). The van der Waals surface area contributed by atoms with Crippen molar-refractivity contribution in [2.24, 2.45) is 0 Å². The first-order valence-corrected chi connectivity index (χ1v) is 8.42. The number of nitrogens with zero attached hydrogens (tertiary/aromatic N) is 1. The molecule has 0 fully saturated rings. The number of fused-ring (bicyclic) bond motifs is 1. The molecule has 0 aliphatic carbocycles. The van der Waals surface area contributed by atoms with Gasteiger partial charge in [0.1, 0.15) is 36.3 Å². The lowest BCUT2D eigenvalue weighted by Gasteiger charge is -2.12. The van der Waals surface area contributed by atoms with Gasteiger partial charge in [0.2, 0.25) is 0 Å². The van der Waals surface area contributed by atoms with Gasteiger partial charge in [0, 0.05) is 10.4 Å². The van der Waals surface area contributed by atoms with E-state index in [4.69, 9.17) is 21.1 Å². The smallest absolute Gasteiger partial charge is 0.137 e. The molecule has 0 bridgehead atoms. The second kappa shape index (κ2) is 7.46. The van der Waals surface area contributed by atoms with Gasteiger partial charge in [0.25, 0.3) is 0 Å². The summed E-state index contributed by atoms with van der Waals surface area (Å²) in [6, 6.07) is 17.6. The van der Waals surface area contributed by atoms with Crippen molar-refractivity contribution >= 4 is 22.4 Å². The van der Waals surface area contributed by atoms with Crippen molar-refractivity contribution in [1.29, 1.82) is 5.26 Å². The highest BCUT2D eigenvalue weighted by molar-refractivity contribution is 6.32. The predicted molar refractivity (Wildman–Crippen MR) is 101 cm³/mol. The molecule has 0 atom stereocenters. The van der Waals surface area contributed by atoms with E-state index in [9.17, 15) is 5.26 Å². The Bertz CT molecular complexity index is 937. The minimum absolute atomic E-state index is 0.355. The van der Waals surface area contributed by atoms with E-state index in [0.29, 0.717) is 24.5 Å². The molecule has 3 aromatic carbocycles. The Morgan fingerprint density at radius 1 is 0.960 bits per heavy atom. The predicted octanol–water partition coefficient (Wildman–Crippen LogP) is 5.44. The van der Waals surface area contributed by atoms with Gasteiger partial charge in [0.05, 0.1) is 0 Å². The molecule has 0 spiro atoms. The quantitative estimate of drug-likeness (QED) is 0.575. The fourth-order valence-corrected chi connectivity index (χ4v) is 2.90. The van der Waals surface area contributed by atoms with E-state index in [1.165, 1.54) is 0 Å². The van der Waals surface area contributed by atoms with Gasteiger partial charge in [-0.15, -0.1) is 0 Å². The molecule has 0 aliphatic heterocycles. The third-order valence-electron chi connectivity index (χ3n) is 4.02. The summed E-state index contributed by atoms with van der Waals surface area (Å²) in [6.07, 6.45) is 0. The van der Waals surface area contributed by atoms with Gasteiger partial charge in [-0.3, -0.25) is 0 Å². The number of aryl methyl sites for hydroxylation is 2. The van der Waals surface area contributed by atoms with Crippen molar-refractivity contribution in [3.63, 3.8) is 0 Å². The average molecular weight is 352 g/mol. The van der Waals surface area contributed by atoms with Gasteiger partial charge in [0.15, 0.2) is 0 Å². The van der Waals surface area contributed by atoms with Crippen molar-refractivity contribution in [1.82, 2.24) is 0 Å². The number of ether oxygens (including phenoxy) is 2. The van der Waals surface area contributed by atoms with Gasteiger partial charge >= 0.3 is 0 Å². The topological polar surface area (TPSA) is 42.2 Å². The molecular formula is C21H18ClNO2. The lowest BCUT2D eigenvalue weighted by atomic mass is 10.0. The van der Waals surface area contributed by atoms with Crippen molar-refractivity contribution in [3.05, 3.63) is 70.2 Å². The second-order valence-electron chi connectivity index (χ2n) is 5.84. The van der Waals surface area contributed by atoms with Crippen LogP contribution in [0.5, 0.6) is 11.5 Å². The van der Waals surface area contributed by atoms with E-state index < -0.39 is 0 Å². The Labute approximate surface area is 152 Å². The highest BCUT2D eigenvalue weighted by Gasteiger charge is 2.08. The molecule has 0 radical (unpaired) electrons. The SMILES string of the molecule is Cc1cc(OCCOc2ccc3ccccc3c2C#N)cc(C)c1Cl. The maximum Gasteiger partial charge on any atom is 0.137 e. The van der Waals surface area contributed by atoms with Crippen LogP contribution in [-0.4, -0.2) is 13.2 Å². The van der Waals surface area contributed by atoms with Crippen molar-refractivity contribution in [2.75, 3.05) is 13.2 Å². The van der Waals surface area contributed by atoms with Gasteiger partial charge < -0.3 is 9.47 Å². The highest BCUT2D eigenvalue weighted by Crippen LogP contribution is 2.28. The molecule has 0 aromatic heterocycles. The largest absolute Gasteiger partial charge is 0.490 e. The standard InChI is InChI=1S/C21H18ClNO2/c1-14-11-17(12-15(2)21(14)22)24-9-10-25-20-8-7-16-5-3-4-6-18(16)19(20)13-23/h3-8,11-12H,9-10H2,1-2H3. The summed E-state index contributed by atoms with van der Waals surface area (Å²) in [6.45, 7) is 4.64. The van der Waals surface area contributed by atoms with Crippen LogP contribution in [0.2, 0.25) is 5.02 Å². The maximum atomic E-state index is 9.46. The first kappa shape index (κ1) is 17.1. The fraction of sp³-hybridized carbons (Fsp3) is 0.190. The van der Waals surface area contributed by atoms with Gasteiger partial charge in [-0.25, -0.2) is 0 Å². The van der Waals surface area contributed by atoms with Crippen LogP contribution >= 0.6 is 11.6 Å². The van der Waals surface area contributed by atoms with Crippen molar-refractivity contribution < 1.29 is 9.47 Å². The van der Waals surface area contributed by atoms with E-state index in [1.807, 2.05) is 62.4 Å². The average Bonchev–Trinajstić information content (AvgIpc) is 2.62. The summed E-state index contributed by atoms with van der Waals surface area (Å²) >= 11 is 6.16. The summed E-state index contributed by atoms with van der Waals surface area (Å²) in [5.41, 5.74) is 2.52. The number of benzene rings is 3. The fourth-order valence-electron chi connectivity index (χ4n) is 2.79. The molecule has 4 heteroatoms. The number of nitriles is 1. The molecule has 0 unspecified atom stereocenters. The third-order valence-corrected chi connectivity index (χ3v) is 4.62. The van der Waals surface area contributed by atoms with Crippen LogP contribution in [0.3, 0.4) is 0 Å². The number of hydrogen-bond acceptors (Lipinski definition) is 3. The van der Waals surface area contributed by atoms with Crippen LogP contribution in [-0.2, 0) is 0 Å². The Balaban J connectivity index is 1.67. The molecule has 126 valence electrons. The monoisotopic (exact) mass is 351 g/mol. The molecule has 3 nitrogen and oxygen atoms in total. The molecule has 0 N–H and O–H groups in total. The molecule has 25 heavy (non-hydrogen) atoms. The van der Waals surface area contributed by atoms with Crippen LogP contribution < -0.4 is 9.47 Å². The van der Waals surface area contributed by atoms with E-state index in [0.717, 1.165) is 32.7 Å². The summed E-state index contributed by atoms with van der Waals surface area (Å²) in [5, 5.41) is 12.1. The normalized spacial score (nSPS) is 10.5. The van der Waals surface area contributed by atoms with E-state index in [-0.39, 0.29) is 0 Å². The first-order chi connectivity index (χ1) is 12.1. The maximum absolute atomic E-state index is 9.46. The lowest BCUT2D eigenvalue weighted by molar-refractivity contribution is 0.217. The summed E-state index contributed by atoms with van der Waals surface area (Å²) in [4.78, 5) is 0. The zero-order valence-corrected chi connectivity index (χ0v) is 14.9. The Hall–Kier alpha value is -2.70. The molecule has 0 saturated carbocycles. The Kier molecular flexibility index (Phi) is 5.11.